The van der Waals surface area contributed by atoms with Crippen molar-refractivity contribution in [1.29, 1.82) is 0 Å². The summed E-state index contributed by atoms with van der Waals surface area (Å²) in [7, 11) is 3.79. The van der Waals surface area contributed by atoms with Crippen molar-refractivity contribution in [1.82, 2.24) is 20.0 Å². The van der Waals surface area contributed by atoms with Gasteiger partial charge in [0.1, 0.15) is 0 Å². The first-order chi connectivity index (χ1) is 13.5. The lowest BCUT2D eigenvalue weighted by molar-refractivity contribution is 0.0772. The highest BCUT2D eigenvalue weighted by Crippen LogP contribution is 2.25. The van der Waals surface area contributed by atoms with Crippen molar-refractivity contribution >= 4 is 5.91 Å². The van der Waals surface area contributed by atoms with E-state index in [-0.39, 0.29) is 12.0 Å². The van der Waals surface area contributed by atoms with Crippen LogP contribution in [0.15, 0.2) is 30.3 Å². The van der Waals surface area contributed by atoms with Crippen LogP contribution in [0.25, 0.3) is 0 Å². The molecule has 0 aliphatic heterocycles. The highest BCUT2D eigenvalue weighted by molar-refractivity contribution is 5.94. The quantitative estimate of drug-likeness (QED) is 0.711. The highest BCUT2D eigenvalue weighted by Gasteiger charge is 2.29. The van der Waals surface area contributed by atoms with Gasteiger partial charge in [-0.3, -0.25) is 9.48 Å². The van der Waals surface area contributed by atoms with Crippen LogP contribution in [-0.4, -0.2) is 52.9 Å². The molecular weight excluding hydrogens is 352 g/mol. The third-order valence-electron chi connectivity index (χ3n) is 5.25. The van der Waals surface area contributed by atoms with Gasteiger partial charge in [-0.2, -0.15) is 5.10 Å². The average molecular weight is 385 g/mol. The molecule has 3 rings (SSSR count). The van der Waals surface area contributed by atoms with E-state index in [1.807, 2.05) is 63.0 Å². The van der Waals surface area contributed by atoms with Gasteiger partial charge in [0, 0.05) is 44.5 Å². The maximum atomic E-state index is 13.1. The minimum atomic E-state index is -0.00973. The topological polar surface area (TPSA) is 59.4 Å². The van der Waals surface area contributed by atoms with Crippen LogP contribution in [0, 0.1) is 0 Å². The molecule has 1 aromatic carbocycles. The summed E-state index contributed by atoms with van der Waals surface area (Å²) < 4.78 is 7.50. The van der Waals surface area contributed by atoms with Crippen LogP contribution in [0.2, 0.25) is 0 Å². The predicted octanol–water partition coefficient (Wildman–Crippen LogP) is 2.56. The van der Waals surface area contributed by atoms with Gasteiger partial charge in [-0.05, 0) is 38.7 Å². The van der Waals surface area contributed by atoms with E-state index in [0.717, 1.165) is 36.9 Å². The first kappa shape index (κ1) is 20.6. The lowest BCUT2D eigenvalue weighted by Crippen LogP contribution is -2.37. The fourth-order valence-electron chi connectivity index (χ4n) is 3.80. The molecule has 0 spiro atoms. The van der Waals surface area contributed by atoms with Gasteiger partial charge in [-0.1, -0.05) is 30.3 Å². The molecule has 0 radical (unpaired) electrons. The number of nitrogens with zero attached hydrogens (tertiary/aromatic N) is 3. The molecule has 0 fully saturated rings. The molecular formula is C22H32N4O2. The third kappa shape index (κ3) is 5.00. The van der Waals surface area contributed by atoms with Crippen LogP contribution < -0.4 is 5.32 Å². The second kappa shape index (κ2) is 9.34. The first-order valence-electron chi connectivity index (χ1n) is 10.1. The molecule has 0 saturated carbocycles. The Morgan fingerprint density at radius 3 is 2.82 bits per heavy atom. The van der Waals surface area contributed by atoms with E-state index in [1.54, 1.807) is 4.90 Å². The molecule has 1 amide bonds. The average Bonchev–Trinajstić information content (AvgIpc) is 3.01. The van der Waals surface area contributed by atoms with Crippen LogP contribution in [-0.2, 0) is 31.2 Å². The number of hydrogen-bond donors (Lipinski definition) is 1. The van der Waals surface area contributed by atoms with Crippen molar-refractivity contribution in [3.63, 3.8) is 0 Å². The summed E-state index contributed by atoms with van der Waals surface area (Å²) in [5.74, 6) is -0.00973. The summed E-state index contributed by atoms with van der Waals surface area (Å²) >= 11 is 0. The zero-order valence-electron chi connectivity index (χ0n) is 17.4. The van der Waals surface area contributed by atoms with E-state index in [1.165, 1.54) is 5.69 Å². The van der Waals surface area contributed by atoms with E-state index in [0.29, 0.717) is 24.9 Å². The number of fused-ring (bicyclic) bond motifs is 1. The number of benzene rings is 1. The number of carbonyl (C=O) groups excluding carboxylic acids is 1. The van der Waals surface area contributed by atoms with Crippen molar-refractivity contribution in [3.8, 4) is 0 Å². The molecule has 1 aliphatic rings. The van der Waals surface area contributed by atoms with Gasteiger partial charge >= 0.3 is 0 Å². The van der Waals surface area contributed by atoms with Gasteiger partial charge in [0.05, 0.1) is 12.7 Å². The van der Waals surface area contributed by atoms with Crippen molar-refractivity contribution in [3.05, 3.63) is 52.8 Å². The summed E-state index contributed by atoms with van der Waals surface area (Å²) in [4.78, 5) is 14.8. The number of ether oxygens (including phenoxy) is 1. The van der Waals surface area contributed by atoms with E-state index in [4.69, 9.17) is 4.74 Å². The number of aromatic nitrogens is 2. The van der Waals surface area contributed by atoms with E-state index in [2.05, 4.69) is 10.4 Å². The highest BCUT2D eigenvalue weighted by atomic mass is 16.5. The monoisotopic (exact) mass is 384 g/mol. The lowest BCUT2D eigenvalue weighted by atomic mass is 9.91. The van der Waals surface area contributed by atoms with Crippen molar-refractivity contribution in [2.75, 3.05) is 20.2 Å². The molecule has 2 aromatic rings. The van der Waals surface area contributed by atoms with Gasteiger partial charge in [-0.15, -0.1) is 0 Å². The van der Waals surface area contributed by atoms with Gasteiger partial charge < -0.3 is 15.0 Å². The van der Waals surface area contributed by atoms with Gasteiger partial charge in [0.25, 0.3) is 5.91 Å². The molecule has 6 heteroatoms. The molecule has 1 N–H and O–H groups in total. The minimum Gasteiger partial charge on any atom is -0.377 e. The van der Waals surface area contributed by atoms with Gasteiger partial charge in [-0.25, -0.2) is 0 Å². The molecule has 1 atom stereocenters. The summed E-state index contributed by atoms with van der Waals surface area (Å²) in [6.45, 7) is 6.22. The first-order valence-corrected chi connectivity index (χ1v) is 10.1. The summed E-state index contributed by atoms with van der Waals surface area (Å²) in [6.07, 6.45) is 3.09. The molecule has 0 saturated heterocycles. The van der Waals surface area contributed by atoms with Crippen LogP contribution in [0.5, 0.6) is 0 Å². The number of aryl methyl sites for hydroxylation is 1. The molecule has 1 unspecified atom stereocenters. The van der Waals surface area contributed by atoms with Crippen molar-refractivity contribution < 1.29 is 9.53 Å². The standard InChI is InChI=1S/C22H32N4O2/c1-16(2)28-13-12-23-18-10-11-20-19(14-18)21(24-26(20)4)22(27)25(3)15-17-8-6-5-7-9-17/h5-9,16,18,23H,10-15H2,1-4H3. The fraction of sp³-hybridized carbons (Fsp3) is 0.545. The molecule has 1 aliphatic carbocycles. The second-order valence-corrected chi connectivity index (χ2v) is 7.86. The SMILES string of the molecule is CC(C)OCCNC1CCc2c(c(C(=O)N(C)Cc3ccccc3)nn2C)C1. The summed E-state index contributed by atoms with van der Waals surface area (Å²) in [5, 5.41) is 8.16. The predicted molar refractivity (Wildman–Crippen MR) is 110 cm³/mol. The number of hydrogen-bond acceptors (Lipinski definition) is 4. The Morgan fingerprint density at radius 1 is 1.36 bits per heavy atom. The third-order valence-corrected chi connectivity index (χ3v) is 5.25. The Morgan fingerprint density at radius 2 is 2.11 bits per heavy atom. The largest absolute Gasteiger partial charge is 0.377 e. The van der Waals surface area contributed by atoms with Gasteiger partial charge in [0.2, 0.25) is 0 Å². The Bertz CT molecular complexity index is 785. The lowest BCUT2D eigenvalue weighted by Gasteiger charge is -2.25. The number of rotatable bonds is 8. The van der Waals surface area contributed by atoms with Crippen LogP contribution >= 0.6 is 0 Å². The normalized spacial score (nSPS) is 16.2. The number of amides is 1. The molecule has 0 bridgehead atoms. The number of nitrogens with one attached hydrogen (secondary N) is 1. The van der Waals surface area contributed by atoms with E-state index < -0.39 is 0 Å². The van der Waals surface area contributed by atoms with Crippen molar-refractivity contribution in [2.45, 2.75) is 51.8 Å². The van der Waals surface area contributed by atoms with Gasteiger partial charge in [0.15, 0.2) is 5.69 Å². The zero-order valence-corrected chi connectivity index (χ0v) is 17.4. The molecule has 1 aromatic heterocycles. The second-order valence-electron chi connectivity index (χ2n) is 7.86. The smallest absolute Gasteiger partial charge is 0.274 e. The van der Waals surface area contributed by atoms with Crippen LogP contribution in [0.1, 0.15) is 47.6 Å². The van der Waals surface area contributed by atoms with E-state index in [9.17, 15) is 4.79 Å². The maximum Gasteiger partial charge on any atom is 0.274 e. The van der Waals surface area contributed by atoms with Crippen LogP contribution in [0.3, 0.4) is 0 Å². The molecule has 1 heterocycles. The Kier molecular flexibility index (Phi) is 6.86. The van der Waals surface area contributed by atoms with Crippen molar-refractivity contribution in [2.24, 2.45) is 7.05 Å². The Balaban J connectivity index is 1.66. The molecule has 152 valence electrons. The van der Waals surface area contributed by atoms with E-state index >= 15 is 0 Å². The molecule has 28 heavy (non-hydrogen) atoms. The van der Waals surface area contributed by atoms with Crippen LogP contribution in [0.4, 0.5) is 0 Å². The summed E-state index contributed by atoms with van der Waals surface area (Å²) in [6, 6.07) is 10.4. The zero-order chi connectivity index (χ0) is 20.1. The number of carbonyl (C=O) groups is 1. The minimum absolute atomic E-state index is 0.00973. The maximum absolute atomic E-state index is 13.1. The fourth-order valence-corrected chi connectivity index (χ4v) is 3.80. The Labute approximate surface area is 167 Å². The summed E-state index contributed by atoms with van der Waals surface area (Å²) in [5.41, 5.74) is 4.00. The molecule has 6 nitrogen and oxygen atoms in total. The Hall–Kier alpha value is -2.18.